The molecule has 0 radical (unpaired) electrons. The van der Waals surface area contributed by atoms with Crippen LogP contribution in [0.15, 0.2) is 41.1 Å². The summed E-state index contributed by atoms with van der Waals surface area (Å²) in [6.45, 7) is 0.818. The van der Waals surface area contributed by atoms with E-state index in [1.165, 1.54) is 11.3 Å². The molecule has 2 rings (SSSR count). The van der Waals surface area contributed by atoms with Crippen LogP contribution in [0.2, 0.25) is 0 Å². The van der Waals surface area contributed by atoms with Gasteiger partial charge < -0.3 is 14.8 Å². The number of ether oxygens (including phenoxy) is 2. The normalized spacial score (nSPS) is 9.88. The predicted molar refractivity (Wildman–Crippen MR) is 93.5 cm³/mol. The van der Waals surface area contributed by atoms with Crippen LogP contribution < -0.4 is 10.1 Å². The molecule has 0 spiro atoms. The van der Waals surface area contributed by atoms with Gasteiger partial charge in [0.15, 0.2) is 0 Å². The lowest BCUT2D eigenvalue weighted by molar-refractivity contribution is -0.144. The number of hydrogen-bond acceptors (Lipinski definition) is 6. The molecule has 7 heteroatoms. The third-order valence-electron chi connectivity index (χ3n) is 3.23. The summed E-state index contributed by atoms with van der Waals surface area (Å²) in [5, 5.41) is 15.1. The average Bonchev–Trinajstić information content (AvgIpc) is 3.17. The molecule has 1 heterocycles. The number of benzene rings is 1. The molecule has 0 aliphatic rings. The van der Waals surface area contributed by atoms with Crippen LogP contribution in [-0.4, -0.2) is 31.6 Å². The van der Waals surface area contributed by atoms with Gasteiger partial charge in [-0.2, -0.15) is 16.6 Å². The first-order chi connectivity index (χ1) is 12.2. The van der Waals surface area contributed by atoms with E-state index in [0.29, 0.717) is 29.8 Å². The van der Waals surface area contributed by atoms with Crippen LogP contribution in [0.4, 0.5) is 0 Å². The summed E-state index contributed by atoms with van der Waals surface area (Å²) < 4.78 is 10.5. The van der Waals surface area contributed by atoms with Crippen LogP contribution in [-0.2, 0) is 9.53 Å². The van der Waals surface area contributed by atoms with Gasteiger partial charge in [-0.25, -0.2) is 0 Å². The van der Waals surface area contributed by atoms with Gasteiger partial charge in [-0.3, -0.25) is 9.59 Å². The Morgan fingerprint density at radius 3 is 2.64 bits per heavy atom. The van der Waals surface area contributed by atoms with E-state index < -0.39 is 0 Å². The molecule has 1 amide bonds. The van der Waals surface area contributed by atoms with E-state index in [-0.39, 0.29) is 31.5 Å². The highest BCUT2D eigenvalue weighted by Gasteiger charge is 2.06. The summed E-state index contributed by atoms with van der Waals surface area (Å²) in [4.78, 5) is 23.3. The minimum Gasteiger partial charge on any atom is -0.490 e. The highest BCUT2D eigenvalue weighted by Crippen LogP contribution is 2.11. The fourth-order valence-corrected chi connectivity index (χ4v) is 2.58. The Bertz CT molecular complexity index is 721. The molecule has 6 nitrogen and oxygen atoms in total. The maximum absolute atomic E-state index is 11.7. The predicted octanol–water partition coefficient (Wildman–Crippen LogP) is 2.75. The summed E-state index contributed by atoms with van der Waals surface area (Å²) >= 11 is 1.46. The second-order valence-electron chi connectivity index (χ2n) is 5.08. The van der Waals surface area contributed by atoms with E-state index in [9.17, 15) is 9.59 Å². The number of nitrogens with zero attached hydrogens (tertiary/aromatic N) is 1. The summed E-state index contributed by atoms with van der Waals surface area (Å²) in [6, 6.07) is 10.5. The first kappa shape index (κ1) is 18.5. The summed E-state index contributed by atoms with van der Waals surface area (Å²) in [5.74, 6) is 0.157. The summed E-state index contributed by atoms with van der Waals surface area (Å²) in [6.07, 6.45) is 0.756. The van der Waals surface area contributed by atoms with Crippen molar-refractivity contribution >= 4 is 23.2 Å². The van der Waals surface area contributed by atoms with E-state index in [2.05, 4.69) is 5.32 Å². The van der Waals surface area contributed by atoms with Crippen molar-refractivity contribution in [1.29, 1.82) is 5.26 Å². The maximum atomic E-state index is 11.7. The molecule has 0 aliphatic heterocycles. The number of nitrogens with one attached hydrogen (secondary N) is 1. The van der Waals surface area contributed by atoms with Crippen molar-refractivity contribution in [1.82, 2.24) is 5.32 Å². The molecule has 0 unspecified atom stereocenters. The van der Waals surface area contributed by atoms with Gasteiger partial charge in [-0.15, -0.1) is 0 Å². The van der Waals surface area contributed by atoms with E-state index in [0.717, 1.165) is 0 Å². The van der Waals surface area contributed by atoms with Crippen LogP contribution in [0.1, 0.15) is 28.8 Å². The quantitative estimate of drug-likeness (QED) is 0.550. The van der Waals surface area contributed by atoms with Gasteiger partial charge in [-0.1, -0.05) is 0 Å². The van der Waals surface area contributed by atoms with Crippen molar-refractivity contribution in [2.75, 3.05) is 19.8 Å². The zero-order valence-corrected chi connectivity index (χ0v) is 14.4. The highest BCUT2D eigenvalue weighted by molar-refractivity contribution is 7.08. The van der Waals surface area contributed by atoms with Crippen molar-refractivity contribution in [3.8, 4) is 11.8 Å². The van der Waals surface area contributed by atoms with Gasteiger partial charge in [-0.05, 0) is 42.1 Å². The second kappa shape index (κ2) is 10.1. The van der Waals surface area contributed by atoms with Gasteiger partial charge in [0.2, 0.25) is 0 Å². The molecule has 0 aliphatic carbocycles. The smallest absolute Gasteiger partial charge is 0.305 e. The second-order valence-corrected chi connectivity index (χ2v) is 5.86. The Morgan fingerprint density at radius 1 is 1.16 bits per heavy atom. The third-order valence-corrected chi connectivity index (χ3v) is 3.91. The molecule has 25 heavy (non-hydrogen) atoms. The van der Waals surface area contributed by atoms with Crippen LogP contribution in [0.5, 0.6) is 5.75 Å². The van der Waals surface area contributed by atoms with Crippen molar-refractivity contribution < 1.29 is 19.1 Å². The van der Waals surface area contributed by atoms with E-state index >= 15 is 0 Å². The number of thiophene rings is 1. The molecular weight excluding hydrogens is 340 g/mol. The van der Waals surface area contributed by atoms with Gasteiger partial charge in [0.1, 0.15) is 19.0 Å². The zero-order valence-electron chi connectivity index (χ0n) is 13.6. The first-order valence-electron chi connectivity index (χ1n) is 7.78. The SMILES string of the molecule is N#Cc1ccc(OCCOC(=O)CCCNC(=O)c2ccsc2)cc1. The van der Waals surface area contributed by atoms with Crippen LogP contribution in [0.25, 0.3) is 0 Å². The van der Waals surface area contributed by atoms with E-state index in [4.69, 9.17) is 14.7 Å². The van der Waals surface area contributed by atoms with Gasteiger partial charge in [0.05, 0.1) is 11.6 Å². The molecule has 130 valence electrons. The number of esters is 1. The average molecular weight is 358 g/mol. The fraction of sp³-hybridized carbons (Fsp3) is 0.278. The highest BCUT2D eigenvalue weighted by atomic mass is 32.1. The number of carbonyl (C=O) groups is 2. The molecule has 1 aromatic heterocycles. The molecule has 0 fully saturated rings. The van der Waals surface area contributed by atoms with Gasteiger partial charge in [0, 0.05) is 23.9 Å². The van der Waals surface area contributed by atoms with Crippen LogP contribution in [0, 0.1) is 11.3 Å². The Kier molecular flexibility index (Phi) is 7.47. The summed E-state index contributed by atoms with van der Waals surface area (Å²) in [5.41, 5.74) is 1.19. The zero-order chi connectivity index (χ0) is 17.9. The Balaban J connectivity index is 1.52. The monoisotopic (exact) mass is 358 g/mol. The van der Waals surface area contributed by atoms with Gasteiger partial charge in [0.25, 0.3) is 5.91 Å². The molecule has 0 saturated carbocycles. The number of carbonyl (C=O) groups excluding carboxylic acids is 2. The topological polar surface area (TPSA) is 88.4 Å². The third kappa shape index (κ3) is 6.65. The number of hydrogen-bond donors (Lipinski definition) is 1. The Labute approximate surface area is 150 Å². The minimum atomic E-state index is -0.326. The molecule has 0 saturated heterocycles. The van der Waals surface area contributed by atoms with E-state index in [1.54, 1.807) is 35.7 Å². The number of nitriles is 1. The van der Waals surface area contributed by atoms with Gasteiger partial charge >= 0.3 is 5.97 Å². The lowest BCUT2D eigenvalue weighted by Crippen LogP contribution is -2.24. The van der Waals surface area contributed by atoms with E-state index in [1.807, 2.05) is 11.4 Å². The first-order valence-corrected chi connectivity index (χ1v) is 8.72. The lowest BCUT2D eigenvalue weighted by atomic mass is 10.2. The lowest BCUT2D eigenvalue weighted by Gasteiger charge is -2.08. The molecule has 0 bridgehead atoms. The van der Waals surface area contributed by atoms with Crippen LogP contribution in [0.3, 0.4) is 0 Å². The van der Waals surface area contributed by atoms with Crippen molar-refractivity contribution in [2.24, 2.45) is 0 Å². The molecule has 1 N–H and O–H groups in total. The van der Waals surface area contributed by atoms with Crippen molar-refractivity contribution in [3.63, 3.8) is 0 Å². The molecule has 2 aromatic rings. The van der Waals surface area contributed by atoms with Crippen LogP contribution >= 0.6 is 11.3 Å². The van der Waals surface area contributed by atoms with Crippen molar-refractivity contribution in [3.05, 3.63) is 52.2 Å². The largest absolute Gasteiger partial charge is 0.490 e. The fourth-order valence-electron chi connectivity index (χ4n) is 1.94. The number of amides is 1. The number of rotatable bonds is 9. The molecular formula is C18H18N2O4S. The Morgan fingerprint density at radius 2 is 1.96 bits per heavy atom. The maximum Gasteiger partial charge on any atom is 0.305 e. The standard InChI is InChI=1S/C18H18N2O4S/c19-12-14-3-5-16(6-4-14)23-9-10-24-17(21)2-1-8-20-18(22)15-7-11-25-13-15/h3-7,11,13H,1-2,8-10H2,(H,20,22). The van der Waals surface area contributed by atoms with Crippen molar-refractivity contribution in [2.45, 2.75) is 12.8 Å². The summed E-state index contributed by atoms with van der Waals surface area (Å²) in [7, 11) is 0. The molecule has 0 atom stereocenters. The Hall–Kier alpha value is -2.85. The minimum absolute atomic E-state index is 0.134. The molecule has 1 aromatic carbocycles.